The molecule has 3 heterocycles. The minimum absolute atomic E-state index is 0.0301. The van der Waals surface area contributed by atoms with Gasteiger partial charge in [0.05, 0.1) is 10.9 Å². The van der Waals surface area contributed by atoms with Crippen LogP contribution in [0.3, 0.4) is 0 Å². The molecule has 0 aliphatic carbocycles. The molecular formula is C21H18F3N3O3. The van der Waals surface area contributed by atoms with Crippen molar-refractivity contribution in [1.29, 1.82) is 0 Å². The van der Waals surface area contributed by atoms with Crippen molar-refractivity contribution in [2.45, 2.75) is 13.1 Å². The van der Waals surface area contributed by atoms with Crippen molar-refractivity contribution in [3.05, 3.63) is 69.7 Å². The first kappa shape index (κ1) is 19.9. The summed E-state index contributed by atoms with van der Waals surface area (Å²) in [6.45, 7) is 3.33. The zero-order valence-corrected chi connectivity index (χ0v) is 16.1. The Morgan fingerprint density at radius 3 is 2.43 bits per heavy atom. The number of nitrogens with zero attached hydrogens (tertiary/aromatic N) is 3. The van der Waals surface area contributed by atoms with E-state index in [0.717, 1.165) is 17.8 Å². The van der Waals surface area contributed by atoms with E-state index in [0.29, 0.717) is 43.0 Å². The smallest absolute Gasteiger partial charge is 0.417 e. The standard InChI is InChI=1S/C21H18F3N3O3/c1-13-2-4-17-15(10-13)16(28)11-18(30-17)20(29)27-8-6-26(7-9-27)19-5-3-14(12-25-19)21(22,23)24/h2-5,10-12H,6-9H2,1H3. The van der Waals surface area contributed by atoms with Crippen LogP contribution in [-0.2, 0) is 6.18 Å². The van der Waals surface area contributed by atoms with Gasteiger partial charge in [0.1, 0.15) is 11.4 Å². The Balaban J connectivity index is 1.46. The van der Waals surface area contributed by atoms with Gasteiger partial charge in [-0.15, -0.1) is 0 Å². The zero-order valence-electron chi connectivity index (χ0n) is 16.1. The van der Waals surface area contributed by atoms with E-state index in [1.807, 2.05) is 11.8 Å². The summed E-state index contributed by atoms with van der Waals surface area (Å²) < 4.78 is 43.7. The van der Waals surface area contributed by atoms with Gasteiger partial charge in [-0.3, -0.25) is 9.59 Å². The van der Waals surface area contributed by atoms with E-state index in [2.05, 4.69) is 4.98 Å². The highest BCUT2D eigenvalue weighted by molar-refractivity contribution is 5.93. The molecule has 6 nitrogen and oxygen atoms in total. The van der Waals surface area contributed by atoms with Gasteiger partial charge in [0.25, 0.3) is 5.91 Å². The van der Waals surface area contributed by atoms with Crippen molar-refractivity contribution in [1.82, 2.24) is 9.88 Å². The van der Waals surface area contributed by atoms with Crippen molar-refractivity contribution >= 4 is 22.7 Å². The van der Waals surface area contributed by atoms with Gasteiger partial charge < -0.3 is 14.2 Å². The number of fused-ring (bicyclic) bond motifs is 1. The first-order chi connectivity index (χ1) is 14.2. The quantitative estimate of drug-likeness (QED) is 0.639. The molecule has 156 valence electrons. The van der Waals surface area contributed by atoms with E-state index in [1.54, 1.807) is 23.1 Å². The number of benzene rings is 1. The topological polar surface area (TPSA) is 66.7 Å². The maximum atomic E-state index is 12.8. The Kier molecular flexibility index (Phi) is 4.97. The predicted octanol–water partition coefficient (Wildman–Crippen LogP) is 3.48. The summed E-state index contributed by atoms with van der Waals surface area (Å²) in [6.07, 6.45) is -3.63. The Hall–Kier alpha value is -3.36. The number of carbonyl (C=O) groups excluding carboxylic acids is 1. The molecular weight excluding hydrogens is 399 g/mol. The number of rotatable bonds is 2. The van der Waals surface area contributed by atoms with Crippen LogP contribution in [0.25, 0.3) is 11.0 Å². The van der Waals surface area contributed by atoms with E-state index in [1.165, 1.54) is 12.1 Å². The lowest BCUT2D eigenvalue weighted by atomic mass is 10.1. The summed E-state index contributed by atoms with van der Waals surface area (Å²) in [5, 5.41) is 0.421. The molecule has 0 N–H and O–H groups in total. The average molecular weight is 417 g/mol. The number of piperazine rings is 1. The molecule has 1 aromatic carbocycles. The fourth-order valence-electron chi connectivity index (χ4n) is 3.41. The molecule has 4 rings (SSSR count). The van der Waals surface area contributed by atoms with Gasteiger partial charge in [-0.25, -0.2) is 4.98 Å². The Morgan fingerprint density at radius 2 is 1.80 bits per heavy atom. The molecule has 9 heteroatoms. The summed E-state index contributed by atoms with van der Waals surface area (Å²) in [5.74, 6) is -0.00484. The summed E-state index contributed by atoms with van der Waals surface area (Å²) in [6, 6.07) is 8.70. The maximum absolute atomic E-state index is 12.8. The molecule has 30 heavy (non-hydrogen) atoms. The summed E-state index contributed by atoms with van der Waals surface area (Å²) >= 11 is 0. The minimum Gasteiger partial charge on any atom is -0.451 e. The highest BCUT2D eigenvalue weighted by Gasteiger charge is 2.31. The highest BCUT2D eigenvalue weighted by Crippen LogP contribution is 2.29. The molecule has 0 spiro atoms. The van der Waals surface area contributed by atoms with Gasteiger partial charge in [0.15, 0.2) is 11.2 Å². The van der Waals surface area contributed by atoms with E-state index in [4.69, 9.17) is 4.42 Å². The van der Waals surface area contributed by atoms with Crippen LogP contribution in [0.5, 0.6) is 0 Å². The number of carbonyl (C=O) groups is 1. The zero-order chi connectivity index (χ0) is 21.5. The second-order valence-electron chi connectivity index (χ2n) is 7.16. The van der Waals surface area contributed by atoms with Gasteiger partial charge >= 0.3 is 6.18 Å². The van der Waals surface area contributed by atoms with Crippen LogP contribution in [0, 0.1) is 6.92 Å². The van der Waals surface area contributed by atoms with Crippen molar-refractivity contribution in [3.63, 3.8) is 0 Å². The molecule has 0 unspecified atom stereocenters. The van der Waals surface area contributed by atoms with Crippen LogP contribution in [0.2, 0.25) is 0 Å². The minimum atomic E-state index is -4.43. The highest BCUT2D eigenvalue weighted by atomic mass is 19.4. The first-order valence-electron chi connectivity index (χ1n) is 9.34. The van der Waals surface area contributed by atoms with Gasteiger partial charge in [0.2, 0.25) is 0 Å². The molecule has 0 bridgehead atoms. The number of alkyl halides is 3. The Bertz CT molecular complexity index is 1150. The molecule has 2 aromatic heterocycles. The van der Waals surface area contributed by atoms with Crippen LogP contribution in [-0.4, -0.2) is 42.0 Å². The molecule has 1 saturated heterocycles. The number of pyridine rings is 1. The average Bonchev–Trinajstić information content (AvgIpc) is 2.73. The fourth-order valence-corrected chi connectivity index (χ4v) is 3.41. The van der Waals surface area contributed by atoms with Crippen LogP contribution in [0.15, 0.2) is 51.8 Å². The summed E-state index contributed by atoms with van der Waals surface area (Å²) in [4.78, 5) is 32.4. The third-order valence-electron chi connectivity index (χ3n) is 5.06. The van der Waals surface area contributed by atoms with E-state index < -0.39 is 17.6 Å². The summed E-state index contributed by atoms with van der Waals surface area (Å²) in [7, 11) is 0. The van der Waals surface area contributed by atoms with Crippen LogP contribution < -0.4 is 10.3 Å². The van der Waals surface area contributed by atoms with E-state index in [9.17, 15) is 22.8 Å². The number of amides is 1. The van der Waals surface area contributed by atoms with E-state index >= 15 is 0 Å². The number of aryl methyl sites for hydroxylation is 1. The second-order valence-corrected chi connectivity index (χ2v) is 7.16. The van der Waals surface area contributed by atoms with Gasteiger partial charge in [0, 0.05) is 38.4 Å². The molecule has 0 saturated carbocycles. The van der Waals surface area contributed by atoms with Gasteiger partial charge in [-0.1, -0.05) is 11.6 Å². The van der Waals surface area contributed by atoms with Crippen molar-refractivity contribution in [3.8, 4) is 0 Å². The predicted molar refractivity (Wildman–Crippen MR) is 105 cm³/mol. The van der Waals surface area contributed by atoms with Crippen molar-refractivity contribution in [2.75, 3.05) is 31.1 Å². The monoisotopic (exact) mass is 417 g/mol. The number of aromatic nitrogens is 1. The SMILES string of the molecule is Cc1ccc2oc(C(=O)N3CCN(c4ccc(C(F)(F)F)cn4)CC3)cc(=O)c2c1. The molecule has 1 aliphatic heterocycles. The molecule has 0 radical (unpaired) electrons. The normalized spacial score (nSPS) is 14.9. The number of hydrogen-bond donors (Lipinski definition) is 0. The van der Waals surface area contributed by atoms with E-state index in [-0.39, 0.29) is 11.2 Å². The van der Waals surface area contributed by atoms with Crippen LogP contribution >= 0.6 is 0 Å². The molecule has 1 amide bonds. The second kappa shape index (κ2) is 7.47. The number of anilines is 1. The Morgan fingerprint density at radius 1 is 1.07 bits per heavy atom. The first-order valence-corrected chi connectivity index (χ1v) is 9.34. The molecule has 1 fully saturated rings. The lowest BCUT2D eigenvalue weighted by Crippen LogP contribution is -2.49. The molecule has 3 aromatic rings. The van der Waals surface area contributed by atoms with Gasteiger partial charge in [-0.05, 0) is 31.2 Å². The van der Waals surface area contributed by atoms with Crippen molar-refractivity contribution < 1.29 is 22.4 Å². The number of hydrogen-bond acceptors (Lipinski definition) is 5. The summed E-state index contributed by atoms with van der Waals surface area (Å²) in [5.41, 5.74) is 0.184. The third-order valence-corrected chi connectivity index (χ3v) is 5.06. The largest absolute Gasteiger partial charge is 0.451 e. The lowest BCUT2D eigenvalue weighted by Gasteiger charge is -2.35. The molecule has 0 atom stereocenters. The van der Waals surface area contributed by atoms with Gasteiger partial charge in [-0.2, -0.15) is 13.2 Å². The molecule has 1 aliphatic rings. The third kappa shape index (κ3) is 3.87. The fraction of sp³-hybridized carbons (Fsp3) is 0.286. The van der Waals surface area contributed by atoms with Crippen LogP contribution in [0.1, 0.15) is 21.7 Å². The lowest BCUT2D eigenvalue weighted by molar-refractivity contribution is -0.137. The van der Waals surface area contributed by atoms with Crippen LogP contribution in [0.4, 0.5) is 19.0 Å². The van der Waals surface area contributed by atoms with Crippen molar-refractivity contribution in [2.24, 2.45) is 0 Å². The Labute approximate surface area is 169 Å². The number of halogens is 3. The maximum Gasteiger partial charge on any atom is 0.417 e.